The zero-order valence-electron chi connectivity index (χ0n) is 18.0. The summed E-state index contributed by atoms with van der Waals surface area (Å²) in [5.74, 6) is -0.243. The number of carbonyl (C=O) groups is 1. The first kappa shape index (κ1) is 22.5. The van der Waals surface area contributed by atoms with Gasteiger partial charge in [0.1, 0.15) is 0 Å². The summed E-state index contributed by atoms with van der Waals surface area (Å²) in [7, 11) is -3.92. The van der Waals surface area contributed by atoms with E-state index in [9.17, 15) is 13.2 Å². The monoisotopic (exact) mass is 468 g/mol. The minimum Gasteiger partial charge on any atom is -0.308 e. The van der Waals surface area contributed by atoms with Crippen LogP contribution in [0.3, 0.4) is 0 Å². The fraction of sp³-hybridized carbons (Fsp3) is 0.240. The van der Waals surface area contributed by atoms with Gasteiger partial charge >= 0.3 is 0 Å². The number of aryl methyl sites for hydroxylation is 1. The van der Waals surface area contributed by atoms with Crippen LogP contribution in [0.15, 0.2) is 77.7 Å². The third-order valence-electron chi connectivity index (χ3n) is 5.68. The molecular formula is C25H25ClN2O3S. The van der Waals surface area contributed by atoms with Crippen molar-refractivity contribution in [2.45, 2.75) is 37.8 Å². The van der Waals surface area contributed by atoms with E-state index in [2.05, 4.69) is 0 Å². The minimum atomic E-state index is -3.92. The number of hydrogen-bond donors (Lipinski definition) is 0. The Morgan fingerprint density at radius 1 is 1.06 bits per heavy atom. The van der Waals surface area contributed by atoms with Crippen LogP contribution in [0.4, 0.5) is 5.69 Å². The maximum absolute atomic E-state index is 13.5. The Balaban J connectivity index is 1.68. The Hall–Kier alpha value is -2.67. The van der Waals surface area contributed by atoms with Gasteiger partial charge in [-0.15, -0.1) is 0 Å². The molecular weight excluding hydrogens is 444 g/mol. The molecule has 0 spiro atoms. The molecule has 0 N–H and O–H groups in total. The van der Waals surface area contributed by atoms with E-state index >= 15 is 0 Å². The van der Waals surface area contributed by atoms with Gasteiger partial charge in [-0.2, -0.15) is 4.31 Å². The molecule has 3 aromatic rings. The van der Waals surface area contributed by atoms with Gasteiger partial charge in [-0.25, -0.2) is 8.42 Å². The second-order valence-corrected chi connectivity index (χ2v) is 10.5. The van der Waals surface area contributed by atoms with Crippen molar-refractivity contribution < 1.29 is 13.2 Å². The number of fused-ring (bicyclic) bond motifs is 1. The first-order valence-corrected chi connectivity index (χ1v) is 12.3. The number of para-hydroxylation sites is 1. The van der Waals surface area contributed by atoms with Crippen molar-refractivity contribution in [1.29, 1.82) is 0 Å². The summed E-state index contributed by atoms with van der Waals surface area (Å²) in [5, 5.41) is 0.452. The highest BCUT2D eigenvalue weighted by Crippen LogP contribution is 2.32. The largest absolute Gasteiger partial charge is 0.308 e. The lowest BCUT2D eigenvalue weighted by atomic mass is 10.1. The van der Waals surface area contributed by atoms with Crippen molar-refractivity contribution in [2.24, 2.45) is 0 Å². The third-order valence-corrected chi connectivity index (χ3v) is 7.74. The van der Waals surface area contributed by atoms with Crippen LogP contribution < -0.4 is 4.90 Å². The van der Waals surface area contributed by atoms with E-state index < -0.39 is 10.0 Å². The molecule has 1 aliphatic rings. The molecule has 0 aliphatic carbocycles. The van der Waals surface area contributed by atoms with Crippen LogP contribution in [-0.2, 0) is 27.8 Å². The number of hydrogen-bond acceptors (Lipinski definition) is 3. The summed E-state index contributed by atoms with van der Waals surface area (Å²) in [6.45, 7) is 3.78. The van der Waals surface area contributed by atoms with E-state index in [1.54, 1.807) is 17.0 Å². The van der Waals surface area contributed by atoms with Gasteiger partial charge in [-0.1, -0.05) is 59.6 Å². The van der Waals surface area contributed by atoms with Crippen molar-refractivity contribution in [3.05, 3.63) is 94.5 Å². The third kappa shape index (κ3) is 4.58. The number of halogens is 1. The SMILES string of the molecule is Cc1cccc(CN(CC(=O)N2c3ccccc3C[C@H]2C)S(=O)(=O)c2ccc(Cl)cc2)c1. The minimum absolute atomic E-state index is 0.0287. The van der Waals surface area contributed by atoms with E-state index in [0.29, 0.717) is 5.02 Å². The van der Waals surface area contributed by atoms with Gasteiger partial charge in [0, 0.05) is 23.3 Å². The molecule has 0 saturated carbocycles. The molecule has 3 aromatic carbocycles. The predicted molar refractivity (Wildman–Crippen MR) is 127 cm³/mol. The number of anilines is 1. The van der Waals surface area contributed by atoms with Crippen LogP contribution in [0, 0.1) is 6.92 Å². The summed E-state index contributed by atoms with van der Waals surface area (Å²) >= 11 is 5.95. The molecule has 0 unspecified atom stereocenters. The lowest BCUT2D eigenvalue weighted by molar-refractivity contribution is -0.119. The highest BCUT2D eigenvalue weighted by Gasteiger charge is 2.34. The molecule has 32 heavy (non-hydrogen) atoms. The molecule has 7 heteroatoms. The van der Waals surface area contributed by atoms with E-state index in [4.69, 9.17) is 11.6 Å². The van der Waals surface area contributed by atoms with Gasteiger partial charge in [0.05, 0.1) is 11.4 Å². The highest BCUT2D eigenvalue weighted by atomic mass is 35.5. The summed E-state index contributed by atoms with van der Waals surface area (Å²) < 4.78 is 28.3. The van der Waals surface area contributed by atoms with Crippen molar-refractivity contribution >= 4 is 33.2 Å². The van der Waals surface area contributed by atoms with E-state index in [-0.39, 0.29) is 29.9 Å². The van der Waals surface area contributed by atoms with Crippen LogP contribution in [0.2, 0.25) is 5.02 Å². The molecule has 0 bridgehead atoms. The molecule has 1 heterocycles. The Kier molecular flexibility index (Phi) is 6.38. The number of benzene rings is 3. The van der Waals surface area contributed by atoms with Gasteiger partial charge in [0.25, 0.3) is 0 Å². The van der Waals surface area contributed by atoms with Crippen LogP contribution >= 0.6 is 11.6 Å². The smallest absolute Gasteiger partial charge is 0.243 e. The molecule has 1 atom stereocenters. The van der Waals surface area contributed by atoms with Crippen molar-refractivity contribution in [3.63, 3.8) is 0 Å². The number of amides is 1. The summed E-state index contributed by atoms with van der Waals surface area (Å²) in [6.07, 6.45) is 0.754. The average molecular weight is 469 g/mol. The summed E-state index contributed by atoms with van der Waals surface area (Å²) in [4.78, 5) is 15.2. The second kappa shape index (κ2) is 9.06. The van der Waals surface area contributed by atoms with Crippen LogP contribution in [-0.4, -0.2) is 31.2 Å². The number of sulfonamides is 1. The van der Waals surface area contributed by atoms with Gasteiger partial charge in [0.2, 0.25) is 15.9 Å². The second-order valence-electron chi connectivity index (χ2n) is 8.16. The molecule has 1 amide bonds. The fourth-order valence-electron chi connectivity index (χ4n) is 4.17. The Morgan fingerprint density at radius 3 is 2.50 bits per heavy atom. The fourth-order valence-corrected chi connectivity index (χ4v) is 5.67. The maximum atomic E-state index is 13.5. The molecule has 0 radical (unpaired) electrons. The van der Waals surface area contributed by atoms with E-state index in [0.717, 1.165) is 28.8 Å². The van der Waals surface area contributed by atoms with Crippen molar-refractivity contribution in [1.82, 2.24) is 4.31 Å². The predicted octanol–water partition coefficient (Wildman–Crippen LogP) is 4.82. The summed E-state index contributed by atoms with van der Waals surface area (Å²) in [5.41, 5.74) is 3.80. The standard InChI is InChI=1S/C25H25ClN2O3S/c1-18-6-5-7-20(14-18)16-27(32(30,31)23-12-10-22(26)11-13-23)17-25(29)28-19(2)15-21-8-3-4-9-24(21)28/h3-14,19H,15-17H2,1-2H3/t19-/m1/s1. The van der Waals surface area contributed by atoms with Crippen LogP contribution in [0.25, 0.3) is 0 Å². The van der Waals surface area contributed by atoms with Crippen LogP contribution in [0.1, 0.15) is 23.6 Å². The lowest BCUT2D eigenvalue weighted by Crippen LogP contribution is -2.44. The molecule has 0 saturated heterocycles. The zero-order chi connectivity index (χ0) is 22.9. The number of rotatable bonds is 6. The zero-order valence-corrected chi connectivity index (χ0v) is 19.6. The maximum Gasteiger partial charge on any atom is 0.243 e. The normalized spacial score (nSPS) is 15.8. The van der Waals surface area contributed by atoms with Crippen molar-refractivity contribution in [3.8, 4) is 0 Å². The summed E-state index contributed by atoms with van der Waals surface area (Å²) in [6, 6.07) is 21.4. The Bertz CT molecular complexity index is 1240. The number of nitrogens with zero attached hydrogens (tertiary/aromatic N) is 2. The van der Waals surface area contributed by atoms with E-state index in [1.807, 2.05) is 62.4 Å². The van der Waals surface area contributed by atoms with E-state index in [1.165, 1.54) is 16.4 Å². The Labute approximate surface area is 194 Å². The van der Waals surface area contributed by atoms with Crippen molar-refractivity contribution in [2.75, 3.05) is 11.4 Å². The Morgan fingerprint density at radius 2 is 1.78 bits per heavy atom. The highest BCUT2D eigenvalue weighted by molar-refractivity contribution is 7.89. The average Bonchev–Trinajstić information content (AvgIpc) is 3.09. The molecule has 0 aromatic heterocycles. The molecule has 1 aliphatic heterocycles. The number of carbonyl (C=O) groups excluding carboxylic acids is 1. The quantitative estimate of drug-likeness (QED) is 0.521. The van der Waals surface area contributed by atoms with Gasteiger partial charge < -0.3 is 4.90 Å². The first-order chi connectivity index (χ1) is 15.3. The molecule has 0 fully saturated rings. The molecule has 166 valence electrons. The van der Waals surface area contributed by atoms with Gasteiger partial charge in [0.15, 0.2) is 0 Å². The molecule has 5 nitrogen and oxygen atoms in total. The van der Waals surface area contributed by atoms with Crippen LogP contribution in [0.5, 0.6) is 0 Å². The van der Waals surface area contributed by atoms with Gasteiger partial charge in [-0.05, 0) is 61.7 Å². The van der Waals surface area contributed by atoms with Gasteiger partial charge in [-0.3, -0.25) is 4.79 Å². The molecule has 4 rings (SSSR count). The first-order valence-electron chi connectivity index (χ1n) is 10.5. The lowest BCUT2D eigenvalue weighted by Gasteiger charge is -2.27. The topological polar surface area (TPSA) is 57.7 Å².